The van der Waals surface area contributed by atoms with Crippen molar-refractivity contribution in [1.82, 2.24) is 10.0 Å². The summed E-state index contributed by atoms with van der Waals surface area (Å²) in [6, 6.07) is 0.0594. The van der Waals surface area contributed by atoms with Gasteiger partial charge in [0.15, 0.2) is 0 Å². The number of amides is 1. The molecule has 0 aliphatic heterocycles. The molecular weight excluding hydrogens is 330 g/mol. The van der Waals surface area contributed by atoms with Gasteiger partial charge in [0.2, 0.25) is 15.9 Å². The molecule has 0 heterocycles. The van der Waals surface area contributed by atoms with Crippen LogP contribution in [0.2, 0.25) is 0 Å². The lowest BCUT2D eigenvalue weighted by Crippen LogP contribution is -2.48. The van der Waals surface area contributed by atoms with Gasteiger partial charge in [-0.1, -0.05) is 12.8 Å². The predicted octanol–water partition coefficient (Wildman–Crippen LogP) is -0.00220. The SMILES string of the molecule is CCOCCS(=O)(=O)NCC(=O)NC1CCCCC1CN.Cl. The minimum Gasteiger partial charge on any atom is -0.381 e. The average Bonchev–Trinajstić information content (AvgIpc) is 2.46. The maximum atomic E-state index is 11.8. The minimum atomic E-state index is -3.47. The average molecular weight is 358 g/mol. The van der Waals surface area contributed by atoms with Crippen molar-refractivity contribution >= 4 is 28.3 Å². The lowest BCUT2D eigenvalue weighted by atomic mass is 9.84. The summed E-state index contributed by atoms with van der Waals surface area (Å²) in [5.41, 5.74) is 5.70. The molecule has 0 aromatic carbocycles. The molecule has 1 amide bonds. The zero-order valence-electron chi connectivity index (χ0n) is 13.0. The van der Waals surface area contributed by atoms with Gasteiger partial charge in [-0.2, -0.15) is 0 Å². The minimum absolute atomic E-state index is 0. The van der Waals surface area contributed by atoms with E-state index in [-0.39, 0.29) is 49.2 Å². The first-order valence-electron chi connectivity index (χ1n) is 7.53. The fraction of sp³-hybridized carbons (Fsp3) is 0.923. The van der Waals surface area contributed by atoms with E-state index < -0.39 is 10.0 Å². The maximum absolute atomic E-state index is 11.8. The van der Waals surface area contributed by atoms with Gasteiger partial charge < -0.3 is 15.8 Å². The van der Waals surface area contributed by atoms with Crippen molar-refractivity contribution in [2.45, 2.75) is 38.6 Å². The molecular formula is C13H28ClN3O4S. The van der Waals surface area contributed by atoms with E-state index in [1.165, 1.54) is 0 Å². The molecule has 1 aliphatic rings. The second-order valence-electron chi connectivity index (χ2n) is 5.29. The van der Waals surface area contributed by atoms with Crippen LogP contribution < -0.4 is 15.8 Å². The topological polar surface area (TPSA) is 111 Å². The number of hydrogen-bond donors (Lipinski definition) is 3. The number of carbonyl (C=O) groups excluding carboxylic acids is 1. The summed E-state index contributed by atoms with van der Waals surface area (Å²) in [6.45, 7) is 2.71. The quantitative estimate of drug-likeness (QED) is 0.503. The summed E-state index contributed by atoms with van der Waals surface area (Å²) in [5.74, 6) is -0.152. The normalized spacial score (nSPS) is 21.9. The molecule has 4 N–H and O–H groups in total. The van der Waals surface area contributed by atoms with Gasteiger partial charge in [0.05, 0.1) is 18.9 Å². The molecule has 0 aromatic rings. The van der Waals surface area contributed by atoms with Crippen LogP contribution in [0.3, 0.4) is 0 Å². The van der Waals surface area contributed by atoms with Gasteiger partial charge in [-0.05, 0) is 32.2 Å². The van der Waals surface area contributed by atoms with Gasteiger partial charge in [-0.15, -0.1) is 12.4 Å². The van der Waals surface area contributed by atoms with Gasteiger partial charge >= 0.3 is 0 Å². The second kappa shape index (κ2) is 11.2. The third kappa shape index (κ3) is 8.28. The second-order valence-corrected chi connectivity index (χ2v) is 7.22. The Hall–Kier alpha value is -0.410. The molecule has 9 heteroatoms. The molecule has 0 bridgehead atoms. The molecule has 0 aromatic heterocycles. The van der Waals surface area contributed by atoms with Crippen LogP contribution in [-0.4, -0.2) is 52.4 Å². The number of ether oxygens (including phenoxy) is 1. The Kier molecular flexibility index (Phi) is 11.0. The Morgan fingerprint density at radius 1 is 1.32 bits per heavy atom. The smallest absolute Gasteiger partial charge is 0.235 e. The molecule has 2 unspecified atom stereocenters. The number of hydrogen-bond acceptors (Lipinski definition) is 5. The monoisotopic (exact) mass is 357 g/mol. The lowest BCUT2D eigenvalue weighted by molar-refractivity contribution is -0.121. The first-order valence-corrected chi connectivity index (χ1v) is 9.18. The van der Waals surface area contributed by atoms with E-state index in [1.54, 1.807) is 6.92 Å². The third-order valence-electron chi connectivity index (χ3n) is 3.71. The zero-order chi connectivity index (χ0) is 15.7. The maximum Gasteiger partial charge on any atom is 0.235 e. The van der Waals surface area contributed by atoms with Gasteiger partial charge in [0.25, 0.3) is 0 Å². The highest BCUT2D eigenvalue weighted by Gasteiger charge is 2.25. The van der Waals surface area contributed by atoms with Crippen LogP contribution in [0.15, 0.2) is 0 Å². The van der Waals surface area contributed by atoms with Crippen molar-refractivity contribution in [1.29, 1.82) is 0 Å². The molecule has 1 rings (SSSR count). The Morgan fingerprint density at radius 2 is 2.00 bits per heavy atom. The summed E-state index contributed by atoms with van der Waals surface area (Å²) in [5, 5.41) is 2.88. The highest BCUT2D eigenvalue weighted by Crippen LogP contribution is 2.23. The summed E-state index contributed by atoms with van der Waals surface area (Å²) in [7, 11) is -3.47. The summed E-state index contributed by atoms with van der Waals surface area (Å²) in [6.07, 6.45) is 4.13. The van der Waals surface area contributed by atoms with E-state index in [4.69, 9.17) is 10.5 Å². The molecule has 1 fully saturated rings. The van der Waals surface area contributed by atoms with E-state index in [0.29, 0.717) is 13.2 Å². The number of carbonyl (C=O) groups is 1. The third-order valence-corrected chi connectivity index (χ3v) is 5.00. The predicted molar refractivity (Wildman–Crippen MR) is 88.5 cm³/mol. The molecule has 2 atom stereocenters. The number of halogens is 1. The molecule has 132 valence electrons. The van der Waals surface area contributed by atoms with Crippen molar-refractivity contribution in [3.05, 3.63) is 0 Å². The van der Waals surface area contributed by atoms with Gasteiger partial charge in [0, 0.05) is 12.6 Å². The summed E-state index contributed by atoms with van der Waals surface area (Å²) in [4.78, 5) is 11.8. The molecule has 1 saturated carbocycles. The Balaban J connectivity index is 0.00000441. The van der Waals surface area contributed by atoms with E-state index in [1.807, 2.05) is 0 Å². The van der Waals surface area contributed by atoms with Crippen molar-refractivity contribution in [3.63, 3.8) is 0 Å². The van der Waals surface area contributed by atoms with E-state index in [0.717, 1.165) is 25.7 Å². The van der Waals surface area contributed by atoms with Gasteiger partial charge in [0.1, 0.15) is 0 Å². The highest BCUT2D eigenvalue weighted by molar-refractivity contribution is 7.89. The van der Waals surface area contributed by atoms with Crippen LogP contribution in [0.1, 0.15) is 32.6 Å². The fourth-order valence-electron chi connectivity index (χ4n) is 2.50. The van der Waals surface area contributed by atoms with E-state index >= 15 is 0 Å². The molecule has 0 saturated heterocycles. The molecule has 22 heavy (non-hydrogen) atoms. The van der Waals surface area contributed by atoms with Crippen LogP contribution in [0.25, 0.3) is 0 Å². The zero-order valence-corrected chi connectivity index (χ0v) is 14.7. The van der Waals surface area contributed by atoms with Crippen molar-refractivity contribution in [2.24, 2.45) is 11.7 Å². The number of nitrogens with one attached hydrogen (secondary N) is 2. The molecule has 7 nitrogen and oxygen atoms in total. The first kappa shape index (κ1) is 21.6. The lowest BCUT2D eigenvalue weighted by Gasteiger charge is -2.31. The van der Waals surface area contributed by atoms with Crippen LogP contribution >= 0.6 is 12.4 Å². The van der Waals surface area contributed by atoms with E-state index in [9.17, 15) is 13.2 Å². The largest absolute Gasteiger partial charge is 0.381 e. The Labute approximate surface area is 139 Å². The summed E-state index contributed by atoms with van der Waals surface area (Å²) < 4.78 is 30.5. The number of sulfonamides is 1. The van der Waals surface area contributed by atoms with Crippen molar-refractivity contribution < 1.29 is 17.9 Å². The molecule has 1 aliphatic carbocycles. The van der Waals surface area contributed by atoms with Gasteiger partial charge in [-0.25, -0.2) is 13.1 Å². The molecule has 0 spiro atoms. The molecule has 0 radical (unpaired) electrons. The number of rotatable bonds is 9. The highest BCUT2D eigenvalue weighted by atomic mass is 35.5. The van der Waals surface area contributed by atoms with Crippen LogP contribution in [0.4, 0.5) is 0 Å². The van der Waals surface area contributed by atoms with Crippen LogP contribution in [0.5, 0.6) is 0 Å². The van der Waals surface area contributed by atoms with Crippen LogP contribution in [-0.2, 0) is 19.6 Å². The Bertz CT molecular complexity index is 420. The first-order chi connectivity index (χ1) is 9.98. The Morgan fingerprint density at radius 3 is 2.64 bits per heavy atom. The fourth-order valence-corrected chi connectivity index (χ4v) is 3.33. The summed E-state index contributed by atoms with van der Waals surface area (Å²) >= 11 is 0. The number of nitrogens with two attached hydrogens (primary N) is 1. The standard InChI is InChI=1S/C13H27N3O4S.ClH/c1-2-20-7-8-21(18,19)15-10-13(17)16-12-6-4-3-5-11(12)9-14;/h11-12,15H,2-10,14H2,1H3,(H,16,17);1H. The van der Waals surface area contributed by atoms with Gasteiger partial charge in [-0.3, -0.25) is 4.79 Å². The van der Waals surface area contributed by atoms with Crippen molar-refractivity contribution in [2.75, 3.05) is 32.1 Å². The van der Waals surface area contributed by atoms with Crippen LogP contribution in [0, 0.1) is 5.92 Å². The van der Waals surface area contributed by atoms with Crippen molar-refractivity contribution in [3.8, 4) is 0 Å². The van der Waals surface area contributed by atoms with E-state index in [2.05, 4.69) is 10.0 Å².